The van der Waals surface area contributed by atoms with Gasteiger partial charge >= 0.3 is 10.2 Å². The molecule has 5 heterocycles. The van der Waals surface area contributed by atoms with Gasteiger partial charge in [-0.2, -0.15) is 18.0 Å². The minimum Gasteiger partial charge on any atom is -0.496 e. The van der Waals surface area contributed by atoms with Gasteiger partial charge in [0.15, 0.2) is 11.6 Å². The lowest BCUT2D eigenvalue weighted by Crippen LogP contribution is -2.52. The number of methoxy groups -OCH3 is 1. The van der Waals surface area contributed by atoms with E-state index in [1.54, 1.807) is 43.6 Å². The normalized spacial score (nSPS) is 18.0. The van der Waals surface area contributed by atoms with Gasteiger partial charge in [0.1, 0.15) is 41.7 Å². The predicted octanol–water partition coefficient (Wildman–Crippen LogP) is 2.62. The molecule has 3 amide bonds. The molecule has 19 nitrogen and oxygen atoms in total. The third-order valence-electron chi connectivity index (χ3n) is 12.3. The predicted molar refractivity (Wildman–Crippen MR) is 243 cm³/mol. The Morgan fingerprint density at radius 1 is 1.00 bits per heavy atom. The summed E-state index contributed by atoms with van der Waals surface area (Å²) in [5.74, 6) is -1.47. The zero-order chi connectivity index (χ0) is 47.4. The second kappa shape index (κ2) is 19.9. The SMILES string of the molecule is CCN(C)S(=O)(=O)Nc1ccc(F)c(Oc2ccc3c(c2)=CN(c2cnc(N4CCN(C(=O)CN5CCC(c6c(F)cc(NC7CCC(=O)NC7=O)cc6OC)CC5)CC4)nc2)CN=3)c1C#N. The molecule has 67 heavy (non-hydrogen) atoms. The van der Waals surface area contributed by atoms with Crippen LogP contribution in [-0.4, -0.2) is 129 Å². The number of imide groups is 1. The number of hydrogen-bond donors (Lipinski definition) is 3. The maximum Gasteiger partial charge on any atom is 0.301 e. The van der Waals surface area contributed by atoms with Crippen LogP contribution < -0.4 is 45.2 Å². The third kappa shape index (κ3) is 10.4. The number of carbonyl (C=O) groups excluding carboxylic acids is 3. The molecule has 3 saturated heterocycles. The lowest BCUT2D eigenvalue weighted by molar-refractivity contribution is -0.134. The van der Waals surface area contributed by atoms with E-state index in [-0.39, 0.29) is 60.9 Å². The van der Waals surface area contributed by atoms with Crippen molar-refractivity contribution in [3.63, 3.8) is 0 Å². The molecule has 352 valence electrons. The average molecular weight is 941 g/mol. The molecule has 4 aliphatic rings. The van der Waals surface area contributed by atoms with Crippen molar-refractivity contribution in [2.24, 2.45) is 4.99 Å². The molecule has 4 aromatic rings. The molecule has 0 saturated carbocycles. The zero-order valence-corrected chi connectivity index (χ0v) is 38.0. The highest BCUT2D eigenvalue weighted by molar-refractivity contribution is 7.90. The number of piperazine rings is 1. The Hall–Kier alpha value is -6.96. The first-order valence-electron chi connectivity index (χ1n) is 21.9. The molecule has 3 N–H and O–H groups in total. The van der Waals surface area contributed by atoms with Gasteiger partial charge in [0, 0.05) is 74.9 Å². The van der Waals surface area contributed by atoms with Crippen LogP contribution in [-0.2, 0) is 24.6 Å². The second-order valence-corrected chi connectivity index (χ2v) is 18.3. The first-order chi connectivity index (χ1) is 32.2. The van der Waals surface area contributed by atoms with E-state index in [9.17, 15) is 28.1 Å². The number of nitrogens with zero attached hydrogens (tertiary/aromatic N) is 9. The molecule has 1 aromatic heterocycles. The van der Waals surface area contributed by atoms with Gasteiger partial charge in [0.25, 0.3) is 0 Å². The highest BCUT2D eigenvalue weighted by Gasteiger charge is 2.31. The Morgan fingerprint density at radius 3 is 2.43 bits per heavy atom. The van der Waals surface area contributed by atoms with Crippen molar-refractivity contribution in [3.8, 4) is 23.3 Å². The Bertz CT molecular complexity index is 2830. The van der Waals surface area contributed by atoms with Crippen molar-refractivity contribution < 1.29 is 41.1 Å². The molecule has 3 fully saturated rings. The van der Waals surface area contributed by atoms with E-state index in [0.717, 1.165) is 10.4 Å². The monoisotopic (exact) mass is 940 g/mol. The van der Waals surface area contributed by atoms with E-state index in [0.29, 0.717) is 97.7 Å². The van der Waals surface area contributed by atoms with E-state index in [2.05, 4.69) is 35.2 Å². The lowest BCUT2D eigenvalue weighted by atomic mass is 9.88. The van der Waals surface area contributed by atoms with Crippen molar-refractivity contribution >= 4 is 57.1 Å². The molecule has 22 heteroatoms. The zero-order valence-electron chi connectivity index (χ0n) is 37.2. The number of carbonyl (C=O) groups is 3. The van der Waals surface area contributed by atoms with Gasteiger partial charge in [-0.3, -0.25) is 34.3 Å². The molecule has 3 aromatic carbocycles. The summed E-state index contributed by atoms with van der Waals surface area (Å²) in [4.78, 5) is 58.9. The highest BCUT2D eigenvalue weighted by Crippen LogP contribution is 2.39. The fourth-order valence-electron chi connectivity index (χ4n) is 8.44. The van der Waals surface area contributed by atoms with E-state index in [4.69, 9.17) is 9.47 Å². The molecular formula is C45H50F2N12O7S. The molecule has 0 bridgehead atoms. The summed E-state index contributed by atoms with van der Waals surface area (Å²) in [5.41, 5.74) is 1.10. The quantitative estimate of drug-likeness (QED) is 0.155. The summed E-state index contributed by atoms with van der Waals surface area (Å²) < 4.78 is 70.8. The van der Waals surface area contributed by atoms with E-state index < -0.39 is 39.5 Å². The van der Waals surface area contributed by atoms with Gasteiger partial charge in [-0.15, -0.1) is 0 Å². The molecule has 1 unspecified atom stereocenters. The number of anilines is 4. The van der Waals surface area contributed by atoms with Crippen LogP contribution in [0.25, 0.3) is 6.20 Å². The van der Waals surface area contributed by atoms with Crippen LogP contribution in [0.15, 0.2) is 59.9 Å². The number of nitriles is 1. The Morgan fingerprint density at radius 2 is 1.75 bits per heavy atom. The molecule has 0 radical (unpaired) electrons. The van der Waals surface area contributed by atoms with Crippen molar-refractivity contribution in [1.29, 1.82) is 5.26 Å². The topological polar surface area (TPSA) is 218 Å². The van der Waals surface area contributed by atoms with Crippen LogP contribution in [0.3, 0.4) is 0 Å². The number of rotatable bonds is 14. The lowest BCUT2D eigenvalue weighted by Gasteiger charge is -2.37. The smallest absolute Gasteiger partial charge is 0.301 e. The van der Waals surface area contributed by atoms with Crippen molar-refractivity contribution in [2.75, 3.05) is 93.0 Å². The summed E-state index contributed by atoms with van der Waals surface area (Å²) >= 11 is 0. The summed E-state index contributed by atoms with van der Waals surface area (Å²) in [7, 11) is -1.14. The van der Waals surface area contributed by atoms with Crippen LogP contribution >= 0.6 is 0 Å². The molecule has 1 atom stereocenters. The van der Waals surface area contributed by atoms with Crippen molar-refractivity contribution in [1.82, 2.24) is 29.4 Å². The van der Waals surface area contributed by atoms with E-state index in [1.807, 2.05) is 27.0 Å². The van der Waals surface area contributed by atoms with Crippen LogP contribution in [0, 0.1) is 23.0 Å². The summed E-state index contributed by atoms with van der Waals surface area (Å²) in [6, 6.07) is 11.4. The number of aromatic nitrogens is 2. The van der Waals surface area contributed by atoms with Gasteiger partial charge in [-0.25, -0.2) is 18.7 Å². The molecule has 4 aliphatic heterocycles. The number of amides is 3. The van der Waals surface area contributed by atoms with Gasteiger partial charge in [-0.05, 0) is 74.7 Å². The van der Waals surface area contributed by atoms with Crippen molar-refractivity contribution in [2.45, 2.75) is 44.6 Å². The first-order valence-corrected chi connectivity index (χ1v) is 23.3. The maximum absolute atomic E-state index is 15.6. The van der Waals surface area contributed by atoms with Crippen LogP contribution in [0.1, 0.15) is 49.7 Å². The Labute approximate surface area is 385 Å². The Balaban J connectivity index is 0.832. The van der Waals surface area contributed by atoms with Crippen LogP contribution in [0.2, 0.25) is 0 Å². The molecule has 8 rings (SSSR count). The number of fused-ring (bicyclic) bond motifs is 1. The van der Waals surface area contributed by atoms with E-state index >= 15 is 8.78 Å². The third-order valence-corrected chi connectivity index (χ3v) is 13.9. The minimum absolute atomic E-state index is 0.0206. The second-order valence-electron chi connectivity index (χ2n) is 16.5. The number of benzene rings is 3. The van der Waals surface area contributed by atoms with E-state index in [1.165, 1.54) is 26.3 Å². The number of piperidine rings is 2. The fraction of sp³-hybridized carbons (Fsp3) is 0.400. The molecule has 0 aliphatic carbocycles. The summed E-state index contributed by atoms with van der Waals surface area (Å²) in [6.45, 7) is 5.67. The van der Waals surface area contributed by atoms with Gasteiger partial charge in [0.2, 0.25) is 23.7 Å². The molecular weight excluding hydrogens is 891 g/mol. The summed E-state index contributed by atoms with van der Waals surface area (Å²) in [6.07, 6.45) is 6.99. The van der Waals surface area contributed by atoms with Crippen LogP contribution in [0.5, 0.6) is 17.2 Å². The van der Waals surface area contributed by atoms with Gasteiger partial charge < -0.3 is 29.5 Å². The number of likely N-dealkylation sites (tertiary alicyclic amines) is 1. The Kier molecular flexibility index (Phi) is 13.8. The number of hydrogen-bond acceptors (Lipinski definition) is 15. The number of ether oxygens (including phenoxy) is 2. The summed E-state index contributed by atoms with van der Waals surface area (Å²) in [5, 5.41) is 16.5. The van der Waals surface area contributed by atoms with Gasteiger partial charge in [-0.1, -0.05) is 6.92 Å². The number of nitrogens with one attached hydrogen (secondary N) is 3. The average Bonchev–Trinajstić information content (AvgIpc) is 3.33. The molecule has 0 spiro atoms. The highest BCUT2D eigenvalue weighted by atomic mass is 32.2. The fourth-order valence-corrected chi connectivity index (χ4v) is 9.39. The minimum atomic E-state index is -4.00. The van der Waals surface area contributed by atoms with Crippen molar-refractivity contribution in [3.05, 3.63) is 88.2 Å². The van der Waals surface area contributed by atoms with Gasteiger partial charge in [0.05, 0.1) is 42.8 Å². The largest absolute Gasteiger partial charge is 0.496 e. The number of halogens is 2. The van der Waals surface area contributed by atoms with Crippen LogP contribution in [0.4, 0.5) is 31.8 Å². The standard InChI is InChI=1S/C45H50F2N12O7S/c1-4-55(2)67(63,64)54-37-8-6-34(46)43(33(37)22-48)66-32-5-7-36-29(19-32)25-59(27-51-36)31-23-49-45(50-24-31)58-17-15-57(16-18-58)41(61)26-56-13-11-28(12-14-56)42-35(47)20-30(21-39(42)65-3)52-38-9-10-40(60)53-44(38)62/h5-8,19-21,23-25,28,38,52,54H,4,9-18,26-27H2,1-3H3,(H,53,60,62). The first kappa shape index (κ1) is 46.6. The maximum atomic E-state index is 15.6.